The average molecular weight is 366 g/mol. The first kappa shape index (κ1) is 31.5. The fourth-order valence-electron chi connectivity index (χ4n) is 0. The van der Waals surface area contributed by atoms with Gasteiger partial charge in [-0.25, -0.2) is 13.7 Å². The van der Waals surface area contributed by atoms with Crippen LogP contribution in [-0.4, -0.2) is 99.1 Å². The molecule has 0 aromatic carbocycles. The van der Waals surface area contributed by atoms with Crippen molar-refractivity contribution in [2.75, 3.05) is 0 Å². The summed E-state index contributed by atoms with van der Waals surface area (Å²) >= 11 is 0. The zero-order valence-corrected chi connectivity index (χ0v) is 9.27. The predicted octanol–water partition coefficient (Wildman–Crippen LogP) is -4.89. The maximum absolute atomic E-state index is 8.88. The van der Waals surface area contributed by atoms with Gasteiger partial charge in [-0.1, -0.05) is 0 Å². The van der Waals surface area contributed by atoms with Gasteiger partial charge < -0.3 is 44.0 Å². The van der Waals surface area contributed by atoms with Crippen LogP contribution in [0.1, 0.15) is 0 Å². The zero-order chi connectivity index (χ0) is 13.5. The SMILES string of the molecule is O=P(O)(O)O.O=P(O)(O)O.O=P(O)(O)O.[AlH3].[CaH2]. The van der Waals surface area contributed by atoms with E-state index in [2.05, 4.69) is 0 Å². The molecule has 0 fully saturated rings. The Hall–Kier alpha value is 2.12. The summed E-state index contributed by atoms with van der Waals surface area (Å²) in [5, 5.41) is 0. The molecule has 17 heteroatoms. The summed E-state index contributed by atoms with van der Waals surface area (Å²) in [6, 6.07) is 0. The van der Waals surface area contributed by atoms with Crippen molar-refractivity contribution >= 4 is 78.6 Å². The van der Waals surface area contributed by atoms with Crippen LogP contribution in [0.2, 0.25) is 0 Å². The van der Waals surface area contributed by atoms with Gasteiger partial charge in [-0.2, -0.15) is 0 Å². The fraction of sp³-hybridized carbons (Fsp3) is 0. The van der Waals surface area contributed by atoms with Gasteiger partial charge in [0.15, 0.2) is 17.4 Å². The van der Waals surface area contributed by atoms with Crippen molar-refractivity contribution in [3.05, 3.63) is 0 Å². The van der Waals surface area contributed by atoms with Crippen LogP contribution in [0.4, 0.5) is 0 Å². The number of hydrogen-bond donors (Lipinski definition) is 9. The summed E-state index contributed by atoms with van der Waals surface area (Å²) in [7, 11) is -13.9. The minimum absolute atomic E-state index is 0. The van der Waals surface area contributed by atoms with Gasteiger partial charge in [-0.15, -0.1) is 0 Å². The Balaban J connectivity index is -0.0000000400. The molecule has 0 rings (SSSR count). The summed E-state index contributed by atoms with van der Waals surface area (Å²) in [4.78, 5) is 64.7. The quantitative estimate of drug-likeness (QED) is 0.145. The fourth-order valence-corrected chi connectivity index (χ4v) is 0. The van der Waals surface area contributed by atoms with Crippen molar-refractivity contribution in [2.24, 2.45) is 0 Å². The molecule has 0 amide bonds. The summed E-state index contributed by atoms with van der Waals surface area (Å²) < 4.78 is 26.6. The van der Waals surface area contributed by atoms with Crippen molar-refractivity contribution in [1.82, 2.24) is 0 Å². The third-order valence-electron chi connectivity index (χ3n) is 0. The first-order valence-corrected chi connectivity index (χ1v) is 7.04. The molecule has 106 valence electrons. The van der Waals surface area contributed by atoms with E-state index in [1.807, 2.05) is 0 Å². The summed E-state index contributed by atoms with van der Waals surface area (Å²) in [5.41, 5.74) is 0. The van der Waals surface area contributed by atoms with Crippen LogP contribution >= 0.6 is 23.5 Å². The molecule has 0 atom stereocenters. The van der Waals surface area contributed by atoms with E-state index < -0.39 is 23.5 Å². The van der Waals surface area contributed by atoms with Gasteiger partial charge in [0.25, 0.3) is 0 Å². The van der Waals surface area contributed by atoms with Crippen molar-refractivity contribution < 1.29 is 57.7 Å². The monoisotopic (exact) mass is 366 g/mol. The van der Waals surface area contributed by atoms with Crippen LogP contribution in [0.5, 0.6) is 0 Å². The molecule has 0 bridgehead atoms. The normalized spacial score (nSPS) is 10.4. The Morgan fingerprint density at radius 2 is 0.471 bits per heavy atom. The van der Waals surface area contributed by atoms with Gasteiger partial charge in [0, 0.05) is 0 Å². The van der Waals surface area contributed by atoms with Crippen LogP contribution < -0.4 is 0 Å². The topological polar surface area (TPSA) is 233 Å². The molecular weight excluding hydrogens is 352 g/mol. The predicted molar refractivity (Wildman–Crippen MR) is 61.3 cm³/mol. The molecule has 0 heterocycles. The summed E-state index contributed by atoms with van der Waals surface area (Å²) in [5.74, 6) is 0. The molecule has 0 aliphatic rings. The number of hydrogen-bond acceptors (Lipinski definition) is 3. The van der Waals surface area contributed by atoms with E-state index in [0.717, 1.165) is 0 Å². The van der Waals surface area contributed by atoms with Crippen molar-refractivity contribution in [2.45, 2.75) is 0 Å². The molecule has 0 radical (unpaired) electrons. The van der Waals surface area contributed by atoms with E-state index in [-0.39, 0.29) is 55.1 Å². The van der Waals surface area contributed by atoms with E-state index in [9.17, 15) is 0 Å². The molecule has 12 nitrogen and oxygen atoms in total. The van der Waals surface area contributed by atoms with E-state index in [1.54, 1.807) is 0 Å². The third kappa shape index (κ3) is 1050. The van der Waals surface area contributed by atoms with Crippen LogP contribution in [-0.2, 0) is 13.7 Å². The molecule has 0 saturated heterocycles. The molecule has 0 saturated carbocycles. The summed E-state index contributed by atoms with van der Waals surface area (Å²) in [6.45, 7) is 0. The Kier molecular flexibility index (Phi) is 24.3. The van der Waals surface area contributed by atoms with Gasteiger partial charge in [0.2, 0.25) is 0 Å². The van der Waals surface area contributed by atoms with Gasteiger partial charge >= 0.3 is 61.2 Å². The van der Waals surface area contributed by atoms with Gasteiger partial charge in [0.05, 0.1) is 0 Å². The van der Waals surface area contributed by atoms with Crippen LogP contribution in [0, 0.1) is 0 Å². The minimum atomic E-state index is -4.64. The van der Waals surface area contributed by atoms with Gasteiger partial charge in [-0.05, 0) is 0 Å². The average Bonchev–Trinajstić information content (AvgIpc) is 1.41. The molecule has 0 aliphatic heterocycles. The van der Waals surface area contributed by atoms with E-state index in [1.165, 1.54) is 0 Å². The second-order valence-corrected chi connectivity index (χ2v) is 4.62. The molecule has 9 N–H and O–H groups in total. The van der Waals surface area contributed by atoms with E-state index in [4.69, 9.17) is 57.7 Å². The molecule has 0 aromatic heterocycles. The van der Waals surface area contributed by atoms with Crippen molar-refractivity contribution in [3.63, 3.8) is 0 Å². The molecule has 0 unspecified atom stereocenters. The first-order valence-electron chi connectivity index (χ1n) is 2.35. The second-order valence-electron chi connectivity index (χ2n) is 1.54. The van der Waals surface area contributed by atoms with Crippen LogP contribution in [0.3, 0.4) is 0 Å². The van der Waals surface area contributed by atoms with Crippen molar-refractivity contribution in [3.8, 4) is 0 Å². The van der Waals surface area contributed by atoms with Crippen molar-refractivity contribution in [1.29, 1.82) is 0 Å². The van der Waals surface area contributed by atoms with Gasteiger partial charge in [0.1, 0.15) is 0 Å². The Morgan fingerprint density at radius 1 is 0.471 bits per heavy atom. The van der Waals surface area contributed by atoms with Crippen LogP contribution in [0.15, 0.2) is 0 Å². The molecular formula is H14AlCaO12P3. The van der Waals surface area contributed by atoms with E-state index in [0.29, 0.717) is 0 Å². The molecule has 0 aromatic rings. The Bertz CT molecular complexity index is 208. The maximum atomic E-state index is 8.88. The number of phosphoric acid groups is 3. The van der Waals surface area contributed by atoms with Crippen LogP contribution in [0.25, 0.3) is 0 Å². The third-order valence-corrected chi connectivity index (χ3v) is 0. The Morgan fingerprint density at radius 3 is 0.471 bits per heavy atom. The first-order chi connectivity index (χ1) is 6.00. The Labute approximate surface area is 135 Å². The summed E-state index contributed by atoms with van der Waals surface area (Å²) in [6.07, 6.45) is 0. The zero-order valence-electron chi connectivity index (χ0n) is 6.59. The molecule has 17 heavy (non-hydrogen) atoms. The molecule has 0 spiro atoms. The molecule has 0 aliphatic carbocycles. The second kappa shape index (κ2) is 13.1. The standard InChI is InChI=1S/Al.Ca.3H3O4P.5H/c;;3*1-5(2,3)4;;;;;/h;;3*(H3,1,2,3,4);;;;;. The van der Waals surface area contributed by atoms with E-state index >= 15 is 0 Å². The number of rotatable bonds is 0. The van der Waals surface area contributed by atoms with Gasteiger partial charge in [-0.3, -0.25) is 0 Å².